The zero-order chi connectivity index (χ0) is 17.6. The molecule has 1 fully saturated rings. The fourth-order valence-electron chi connectivity index (χ4n) is 2.99. The summed E-state index contributed by atoms with van der Waals surface area (Å²) in [6.07, 6.45) is 1.23. The van der Waals surface area contributed by atoms with Gasteiger partial charge in [0.2, 0.25) is 0 Å². The number of nitrogens with zero attached hydrogens (tertiary/aromatic N) is 3. The molecule has 1 aliphatic rings. The van der Waals surface area contributed by atoms with Gasteiger partial charge in [0.1, 0.15) is 5.01 Å². The summed E-state index contributed by atoms with van der Waals surface area (Å²) in [5.41, 5.74) is 1.14. The van der Waals surface area contributed by atoms with Crippen LogP contribution in [0.2, 0.25) is 0 Å². The van der Waals surface area contributed by atoms with Gasteiger partial charge in [0.25, 0.3) is 0 Å². The van der Waals surface area contributed by atoms with E-state index in [1.54, 1.807) is 11.3 Å². The Hall–Kier alpha value is -1.53. The summed E-state index contributed by atoms with van der Waals surface area (Å²) in [7, 11) is 1.87. The number of thiazole rings is 1. The maximum atomic E-state index is 4.60. The van der Waals surface area contributed by atoms with Crippen LogP contribution in [0, 0.1) is 19.8 Å². The second-order valence-corrected chi connectivity index (χ2v) is 8.76. The summed E-state index contributed by atoms with van der Waals surface area (Å²) >= 11 is 3.72. The Bertz CT molecular complexity index is 692. The van der Waals surface area contributed by atoms with Gasteiger partial charge in [0.15, 0.2) is 5.96 Å². The Labute approximate surface area is 158 Å². The maximum absolute atomic E-state index is 4.60. The molecule has 0 radical (unpaired) electrons. The van der Waals surface area contributed by atoms with E-state index in [2.05, 4.69) is 64.4 Å². The van der Waals surface area contributed by atoms with Gasteiger partial charge in [-0.25, -0.2) is 4.98 Å². The van der Waals surface area contributed by atoms with Gasteiger partial charge in [0, 0.05) is 35.7 Å². The lowest BCUT2D eigenvalue weighted by Crippen LogP contribution is -2.39. The van der Waals surface area contributed by atoms with Gasteiger partial charge in [-0.3, -0.25) is 4.99 Å². The van der Waals surface area contributed by atoms with Crippen LogP contribution in [0.25, 0.3) is 0 Å². The molecule has 3 rings (SSSR count). The monoisotopic (exact) mass is 374 g/mol. The van der Waals surface area contributed by atoms with Gasteiger partial charge in [0.05, 0.1) is 12.2 Å². The van der Waals surface area contributed by atoms with Crippen molar-refractivity contribution in [1.82, 2.24) is 15.2 Å². The highest BCUT2D eigenvalue weighted by molar-refractivity contribution is 7.99. The second-order valence-electron chi connectivity index (χ2n) is 6.37. The van der Waals surface area contributed by atoms with Crippen molar-refractivity contribution in [3.05, 3.63) is 45.9 Å². The number of aryl methyl sites for hydroxylation is 2. The molecule has 4 nitrogen and oxygen atoms in total. The van der Waals surface area contributed by atoms with Crippen molar-refractivity contribution in [2.45, 2.75) is 31.7 Å². The van der Waals surface area contributed by atoms with Gasteiger partial charge >= 0.3 is 0 Å². The molecule has 2 aromatic rings. The first-order valence-corrected chi connectivity index (χ1v) is 10.5. The highest BCUT2D eigenvalue weighted by Crippen LogP contribution is 2.26. The van der Waals surface area contributed by atoms with Gasteiger partial charge in [-0.05, 0) is 38.3 Å². The minimum Gasteiger partial charge on any atom is -0.350 e. The van der Waals surface area contributed by atoms with E-state index in [0.29, 0.717) is 5.92 Å². The predicted octanol–water partition coefficient (Wildman–Crippen LogP) is 3.95. The topological polar surface area (TPSA) is 40.5 Å². The first-order chi connectivity index (χ1) is 12.2. The predicted molar refractivity (Wildman–Crippen MR) is 109 cm³/mol. The van der Waals surface area contributed by atoms with Crippen LogP contribution < -0.4 is 5.32 Å². The molecule has 1 aliphatic heterocycles. The number of aromatic nitrogens is 1. The lowest BCUT2D eigenvalue weighted by Gasteiger charge is -2.21. The summed E-state index contributed by atoms with van der Waals surface area (Å²) in [5, 5.41) is 4.61. The normalized spacial score (nSPS) is 18.0. The fourth-order valence-corrected chi connectivity index (χ4v) is 4.92. The Balaban J connectivity index is 1.47. The molecule has 0 saturated carbocycles. The molecule has 134 valence electrons. The summed E-state index contributed by atoms with van der Waals surface area (Å²) in [6, 6.07) is 10.7. The number of benzene rings is 1. The van der Waals surface area contributed by atoms with Crippen LogP contribution in [0.15, 0.2) is 40.2 Å². The standard InChI is InChI=1S/C19H26N4S2/c1-14-15(2)25-18(22-14)11-21-19(20-3)23-10-9-16(12-23)13-24-17-7-5-4-6-8-17/h4-8,16H,9-13H2,1-3H3,(H,20,21). The summed E-state index contributed by atoms with van der Waals surface area (Å²) in [4.78, 5) is 14.1. The van der Waals surface area contributed by atoms with Gasteiger partial charge in [-0.15, -0.1) is 23.1 Å². The molecule has 0 aliphatic carbocycles. The zero-order valence-electron chi connectivity index (χ0n) is 15.2. The van der Waals surface area contributed by atoms with Crippen LogP contribution in [0.1, 0.15) is 22.0 Å². The van der Waals surface area contributed by atoms with Crippen LogP contribution in [-0.4, -0.2) is 41.7 Å². The minimum atomic E-state index is 0.716. The van der Waals surface area contributed by atoms with E-state index in [0.717, 1.165) is 36.3 Å². The quantitative estimate of drug-likeness (QED) is 0.489. The number of aliphatic imine (C=N–C) groups is 1. The largest absolute Gasteiger partial charge is 0.350 e. The third kappa shape index (κ3) is 4.98. The number of rotatable bonds is 5. The molecule has 1 atom stereocenters. The lowest BCUT2D eigenvalue weighted by atomic mass is 10.2. The molecule has 1 saturated heterocycles. The molecule has 25 heavy (non-hydrogen) atoms. The molecule has 2 heterocycles. The van der Waals surface area contributed by atoms with Crippen molar-refractivity contribution >= 4 is 29.1 Å². The molecule has 0 amide bonds. The highest BCUT2D eigenvalue weighted by atomic mass is 32.2. The van der Waals surface area contributed by atoms with Crippen molar-refractivity contribution in [2.75, 3.05) is 25.9 Å². The van der Waals surface area contributed by atoms with E-state index in [-0.39, 0.29) is 0 Å². The summed E-state index contributed by atoms with van der Waals surface area (Å²) in [5.74, 6) is 2.88. The molecular weight excluding hydrogens is 348 g/mol. The summed E-state index contributed by atoms with van der Waals surface area (Å²) < 4.78 is 0. The SMILES string of the molecule is CN=C(NCc1nc(C)c(C)s1)N1CCC(CSc2ccccc2)C1. The van der Waals surface area contributed by atoms with E-state index < -0.39 is 0 Å². The van der Waals surface area contributed by atoms with Crippen LogP contribution in [0.4, 0.5) is 0 Å². The van der Waals surface area contributed by atoms with Crippen molar-refractivity contribution in [2.24, 2.45) is 10.9 Å². The number of hydrogen-bond acceptors (Lipinski definition) is 4. The minimum absolute atomic E-state index is 0.716. The Morgan fingerprint density at radius 3 is 2.84 bits per heavy atom. The van der Waals surface area contributed by atoms with E-state index in [9.17, 15) is 0 Å². The number of thioether (sulfide) groups is 1. The third-order valence-corrected chi connectivity index (χ3v) is 6.81. The molecular formula is C19H26N4S2. The van der Waals surface area contributed by atoms with Gasteiger partial charge in [-0.2, -0.15) is 0 Å². The van der Waals surface area contributed by atoms with Crippen LogP contribution in [0.5, 0.6) is 0 Å². The first-order valence-electron chi connectivity index (χ1n) is 8.72. The van der Waals surface area contributed by atoms with Crippen LogP contribution in [-0.2, 0) is 6.54 Å². The highest BCUT2D eigenvalue weighted by Gasteiger charge is 2.25. The number of hydrogen-bond donors (Lipinski definition) is 1. The van der Waals surface area contributed by atoms with Crippen molar-refractivity contribution in [3.8, 4) is 0 Å². The molecule has 6 heteroatoms. The van der Waals surface area contributed by atoms with Crippen molar-refractivity contribution in [1.29, 1.82) is 0 Å². The van der Waals surface area contributed by atoms with Crippen molar-refractivity contribution in [3.63, 3.8) is 0 Å². The average molecular weight is 375 g/mol. The van der Waals surface area contributed by atoms with E-state index >= 15 is 0 Å². The molecule has 1 aromatic carbocycles. The molecule has 1 aromatic heterocycles. The van der Waals surface area contributed by atoms with Gasteiger partial charge in [-0.1, -0.05) is 18.2 Å². The molecule has 0 bridgehead atoms. The van der Waals surface area contributed by atoms with Crippen LogP contribution >= 0.6 is 23.1 Å². The maximum Gasteiger partial charge on any atom is 0.194 e. The fraction of sp³-hybridized carbons (Fsp3) is 0.474. The lowest BCUT2D eigenvalue weighted by molar-refractivity contribution is 0.474. The van der Waals surface area contributed by atoms with E-state index in [1.807, 2.05) is 18.8 Å². The Morgan fingerprint density at radius 2 is 2.16 bits per heavy atom. The number of nitrogens with one attached hydrogen (secondary N) is 1. The Morgan fingerprint density at radius 1 is 1.36 bits per heavy atom. The number of guanidine groups is 1. The zero-order valence-corrected chi connectivity index (χ0v) is 16.8. The Kier molecular flexibility index (Phi) is 6.37. The third-order valence-electron chi connectivity index (χ3n) is 4.50. The smallest absolute Gasteiger partial charge is 0.194 e. The first kappa shape index (κ1) is 18.3. The molecule has 1 unspecified atom stereocenters. The van der Waals surface area contributed by atoms with Gasteiger partial charge < -0.3 is 10.2 Å². The molecule has 0 spiro atoms. The average Bonchev–Trinajstić information content (AvgIpc) is 3.22. The van der Waals surface area contributed by atoms with Crippen molar-refractivity contribution < 1.29 is 0 Å². The van der Waals surface area contributed by atoms with Crippen LogP contribution in [0.3, 0.4) is 0 Å². The number of likely N-dealkylation sites (tertiary alicyclic amines) is 1. The van der Waals surface area contributed by atoms with E-state index in [1.165, 1.54) is 21.9 Å². The molecule has 1 N–H and O–H groups in total. The summed E-state index contributed by atoms with van der Waals surface area (Å²) in [6.45, 7) is 7.11. The second kappa shape index (κ2) is 8.72. The van der Waals surface area contributed by atoms with E-state index in [4.69, 9.17) is 0 Å².